The fourth-order valence-electron chi connectivity index (χ4n) is 2.59. The number of ether oxygens (including phenoxy) is 3. The van der Waals surface area contributed by atoms with Crippen LogP contribution in [0.3, 0.4) is 0 Å². The summed E-state index contributed by atoms with van der Waals surface area (Å²) < 4.78 is 15.7. The van der Waals surface area contributed by atoms with E-state index >= 15 is 0 Å². The maximum absolute atomic E-state index is 12.2. The highest BCUT2D eigenvalue weighted by Gasteiger charge is 2.27. The topological polar surface area (TPSA) is 73.9 Å². The van der Waals surface area contributed by atoms with Crippen molar-refractivity contribution in [3.05, 3.63) is 63.6 Å². The van der Waals surface area contributed by atoms with Crippen LogP contribution in [-0.2, 0) is 27.3 Å². The maximum Gasteiger partial charge on any atom is 0.408 e. The number of halogens is 2. The quantitative estimate of drug-likeness (QED) is 0.584. The SMILES string of the molecule is COC(=O)[C@H](Cc1c(Cl)cc(OCc2ccccc2)cc1Cl)NC(=O)OC(C)(C)C. The monoisotopic (exact) mass is 453 g/mol. The molecule has 0 bridgehead atoms. The number of carbonyl (C=O) groups excluding carboxylic acids is 2. The summed E-state index contributed by atoms with van der Waals surface area (Å²) in [6, 6.07) is 11.9. The zero-order valence-corrected chi connectivity index (χ0v) is 18.8. The molecule has 0 aromatic heterocycles. The lowest BCUT2D eigenvalue weighted by Crippen LogP contribution is -2.45. The minimum absolute atomic E-state index is 0.0303. The van der Waals surface area contributed by atoms with Gasteiger partial charge in [-0.1, -0.05) is 53.5 Å². The van der Waals surface area contributed by atoms with E-state index in [1.165, 1.54) is 7.11 Å². The summed E-state index contributed by atoms with van der Waals surface area (Å²) in [5.41, 5.74) is 0.774. The number of hydrogen-bond acceptors (Lipinski definition) is 5. The van der Waals surface area contributed by atoms with Crippen LogP contribution < -0.4 is 10.1 Å². The predicted molar refractivity (Wildman–Crippen MR) is 116 cm³/mol. The van der Waals surface area contributed by atoms with Gasteiger partial charge in [0.1, 0.15) is 24.0 Å². The number of carbonyl (C=O) groups is 2. The van der Waals surface area contributed by atoms with Gasteiger partial charge in [-0.25, -0.2) is 9.59 Å². The molecule has 2 aromatic rings. The van der Waals surface area contributed by atoms with Gasteiger partial charge in [-0.2, -0.15) is 0 Å². The molecule has 0 unspecified atom stereocenters. The summed E-state index contributed by atoms with van der Waals surface area (Å²) in [6.07, 6.45) is -0.712. The van der Waals surface area contributed by atoms with Gasteiger partial charge in [0.05, 0.1) is 7.11 Å². The van der Waals surface area contributed by atoms with Crippen molar-refractivity contribution in [2.45, 2.75) is 45.4 Å². The summed E-state index contributed by atoms with van der Waals surface area (Å²) in [6.45, 7) is 5.53. The maximum atomic E-state index is 12.2. The van der Waals surface area contributed by atoms with Crippen molar-refractivity contribution in [2.75, 3.05) is 7.11 Å². The second-order valence-electron chi connectivity index (χ2n) is 7.57. The Bertz CT molecular complexity index is 858. The standard InChI is InChI=1S/C22H25Cl2NO5/c1-22(2,3)30-21(27)25-19(20(26)28-4)12-16-17(23)10-15(11-18(16)24)29-13-14-8-6-5-7-9-14/h5-11,19H,12-13H2,1-4H3,(H,25,27)/t19-/m0/s1. The lowest BCUT2D eigenvalue weighted by atomic mass is 10.1. The van der Waals surface area contributed by atoms with Crippen LogP contribution >= 0.6 is 23.2 Å². The van der Waals surface area contributed by atoms with E-state index in [0.717, 1.165) is 5.56 Å². The summed E-state index contributed by atoms with van der Waals surface area (Å²) in [5.74, 6) is -0.148. The number of nitrogens with one attached hydrogen (secondary N) is 1. The van der Waals surface area contributed by atoms with Crippen molar-refractivity contribution >= 4 is 35.3 Å². The molecule has 0 heterocycles. The van der Waals surface area contributed by atoms with E-state index in [1.54, 1.807) is 32.9 Å². The highest BCUT2D eigenvalue weighted by molar-refractivity contribution is 6.36. The first kappa shape index (κ1) is 23.8. The first-order chi connectivity index (χ1) is 14.1. The largest absolute Gasteiger partial charge is 0.489 e. The Morgan fingerprint density at radius 3 is 2.20 bits per heavy atom. The Labute approximate surface area is 186 Å². The fraction of sp³-hybridized carbons (Fsp3) is 0.364. The molecule has 2 rings (SSSR count). The van der Waals surface area contributed by atoms with E-state index < -0.39 is 23.7 Å². The van der Waals surface area contributed by atoms with Gasteiger partial charge in [0, 0.05) is 16.5 Å². The minimum atomic E-state index is -1.02. The third-order valence-electron chi connectivity index (χ3n) is 3.95. The molecule has 6 nitrogen and oxygen atoms in total. The molecule has 1 atom stereocenters. The Hall–Kier alpha value is -2.44. The van der Waals surface area contributed by atoms with Crippen LogP contribution in [0.4, 0.5) is 4.79 Å². The van der Waals surface area contributed by atoms with E-state index in [1.807, 2.05) is 30.3 Å². The van der Waals surface area contributed by atoms with Crippen molar-refractivity contribution in [2.24, 2.45) is 0 Å². The number of alkyl carbamates (subject to hydrolysis) is 1. The van der Waals surface area contributed by atoms with Crippen LogP contribution in [0.25, 0.3) is 0 Å². The van der Waals surface area contributed by atoms with Crippen molar-refractivity contribution < 1.29 is 23.8 Å². The molecular formula is C22H25Cl2NO5. The number of methoxy groups -OCH3 is 1. The molecule has 1 N–H and O–H groups in total. The van der Waals surface area contributed by atoms with Crippen LogP contribution in [0.1, 0.15) is 31.9 Å². The zero-order valence-electron chi connectivity index (χ0n) is 17.3. The van der Waals surface area contributed by atoms with Crippen molar-refractivity contribution in [3.63, 3.8) is 0 Å². The molecule has 30 heavy (non-hydrogen) atoms. The first-order valence-corrected chi connectivity index (χ1v) is 10.1. The van der Waals surface area contributed by atoms with E-state index in [-0.39, 0.29) is 6.42 Å². The number of rotatable bonds is 7. The van der Waals surface area contributed by atoms with Crippen LogP contribution in [0.2, 0.25) is 10.0 Å². The molecule has 0 saturated heterocycles. The molecule has 2 aromatic carbocycles. The normalized spacial score (nSPS) is 12.1. The summed E-state index contributed by atoms with van der Waals surface area (Å²) in [7, 11) is 1.23. The molecule has 162 valence electrons. The first-order valence-electron chi connectivity index (χ1n) is 9.31. The molecule has 8 heteroatoms. The molecule has 1 amide bonds. The molecule has 0 spiro atoms. The van der Waals surface area contributed by atoms with Crippen LogP contribution in [0.15, 0.2) is 42.5 Å². The van der Waals surface area contributed by atoms with Crippen LogP contribution in [-0.4, -0.2) is 30.8 Å². The van der Waals surface area contributed by atoms with Gasteiger partial charge in [-0.05, 0) is 44.0 Å². The highest BCUT2D eigenvalue weighted by Crippen LogP contribution is 2.32. The Balaban J connectivity index is 2.13. The summed E-state index contributed by atoms with van der Waals surface area (Å²) in [5, 5.41) is 3.13. The fourth-order valence-corrected chi connectivity index (χ4v) is 3.21. The molecule has 0 radical (unpaired) electrons. The lowest BCUT2D eigenvalue weighted by molar-refractivity contribution is -0.143. The minimum Gasteiger partial charge on any atom is -0.489 e. The average molecular weight is 454 g/mol. The number of benzene rings is 2. The molecule has 0 aliphatic heterocycles. The molecule has 0 aliphatic rings. The van der Waals surface area contributed by atoms with Crippen molar-refractivity contribution in [3.8, 4) is 5.75 Å². The Morgan fingerprint density at radius 2 is 1.67 bits per heavy atom. The summed E-state index contributed by atoms with van der Waals surface area (Å²) in [4.78, 5) is 24.3. The Kier molecular flexibility index (Phi) is 8.38. The highest BCUT2D eigenvalue weighted by atomic mass is 35.5. The number of esters is 1. The van der Waals surface area contributed by atoms with Gasteiger partial charge in [0.25, 0.3) is 0 Å². The Morgan fingerprint density at radius 1 is 1.07 bits per heavy atom. The van der Waals surface area contributed by atoms with Gasteiger partial charge >= 0.3 is 12.1 Å². The third-order valence-corrected chi connectivity index (χ3v) is 4.62. The molecular weight excluding hydrogens is 429 g/mol. The van der Waals surface area contributed by atoms with Crippen molar-refractivity contribution in [1.29, 1.82) is 0 Å². The lowest BCUT2D eigenvalue weighted by Gasteiger charge is -2.23. The molecule has 0 saturated carbocycles. The predicted octanol–water partition coefficient (Wildman–Crippen LogP) is 5.18. The van der Waals surface area contributed by atoms with E-state index in [9.17, 15) is 9.59 Å². The second-order valence-corrected chi connectivity index (χ2v) is 8.38. The van der Waals surface area contributed by atoms with Crippen LogP contribution in [0, 0.1) is 0 Å². The van der Waals surface area contributed by atoms with Crippen LogP contribution in [0.5, 0.6) is 5.75 Å². The van der Waals surface area contributed by atoms with Crippen molar-refractivity contribution in [1.82, 2.24) is 5.32 Å². The van der Waals surface area contributed by atoms with Gasteiger partial charge in [-0.3, -0.25) is 0 Å². The van der Waals surface area contributed by atoms with Gasteiger partial charge in [0.15, 0.2) is 0 Å². The van der Waals surface area contributed by atoms with Gasteiger partial charge in [0.2, 0.25) is 0 Å². The van der Waals surface area contributed by atoms with Gasteiger partial charge < -0.3 is 19.5 Å². The summed E-state index contributed by atoms with van der Waals surface area (Å²) >= 11 is 12.8. The number of amides is 1. The van der Waals surface area contributed by atoms with E-state index in [0.29, 0.717) is 28.0 Å². The van der Waals surface area contributed by atoms with E-state index in [2.05, 4.69) is 5.32 Å². The zero-order chi connectivity index (χ0) is 22.3. The van der Waals surface area contributed by atoms with Gasteiger partial charge in [-0.15, -0.1) is 0 Å². The second kappa shape index (κ2) is 10.5. The molecule has 0 fully saturated rings. The number of hydrogen-bond donors (Lipinski definition) is 1. The third kappa shape index (κ3) is 7.43. The molecule has 0 aliphatic carbocycles. The van der Waals surface area contributed by atoms with E-state index in [4.69, 9.17) is 37.4 Å². The average Bonchev–Trinajstić information content (AvgIpc) is 2.67. The smallest absolute Gasteiger partial charge is 0.408 e.